The van der Waals surface area contributed by atoms with Crippen molar-refractivity contribution in [1.29, 1.82) is 0 Å². The summed E-state index contributed by atoms with van der Waals surface area (Å²) in [6.45, 7) is 2.03. The van der Waals surface area contributed by atoms with Gasteiger partial charge in [-0.1, -0.05) is 19.7 Å². The summed E-state index contributed by atoms with van der Waals surface area (Å²) in [5.74, 6) is 0. The molecule has 0 saturated carbocycles. The van der Waals surface area contributed by atoms with Crippen LogP contribution in [0.1, 0.15) is 19.8 Å². The minimum Gasteiger partial charge on any atom is -0.394 e. The monoisotopic (exact) mass is 98.1 g/mol. The summed E-state index contributed by atoms with van der Waals surface area (Å²) in [6, 6.07) is 0. The van der Waals surface area contributed by atoms with Crippen LogP contribution in [0.25, 0.3) is 0 Å². The Morgan fingerprint density at radius 1 is 1.71 bits per heavy atom. The van der Waals surface area contributed by atoms with E-state index in [2.05, 4.69) is 0 Å². The van der Waals surface area contributed by atoms with Gasteiger partial charge in [0.25, 0.3) is 0 Å². The molecule has 0 saturated heterocycles. The zero-order chi connectivity index (χ0) is 5.70. The van der Waals surface area contributed by atoms with Crippen LogP contribution in [0, 0.1) is 0 Å². The number of rotatable bonds is 3. The second kappa shape index (κ2) is 4.19. The fourth-order valence-corrected chi connectivity index (χ4v) is 0.451. The Bertz CT molecular complexity index is 39.1. The molecule has 7 heavy (non-hydrogen) atoms. The van der Waals surface area contributed by atoms with Crippen LogP contribution in [-0.4, -0.2) is 19.1 Å². The van der Waals surface area contributed by atoms with E-state index in [4.69, 9.17) is 13.0 Å². The summed E-state index contributed by atoms with van der Waals surface area (Å²) in [5.41, 5.74) is 0. The molecular formula is C5H11BO. The molecule has 0 aromatic heterocycles. The predicted octanol–water partition coefficient (Wildman–Crippen LogP) is 0.734. The third-order valence-electron chi connectivity index (χ3n) is 0.894. The molecule has 0 aromatic carbocycles. The Morgan fingerprint density at radius 2 is 2.29 bits per heavy atom. The number of hydrogen-bond acceptors (Lipinski definition) is 1. The molecule has 0 rings (SSSR count). The Morgan fingerprint density at radius 3 is 2.43 bits per heavy atom. The molecule has 0 aliphatic rings. The molecule has 0 amide bonds. The van der Waals surface area contributed by atoms with Gasteiger partial charge in [-0.25, -0.2) is 0 Å². The number of aliphatic hydroxyl groups excluding tert-OH is 1. The maximum Gasteiger partial charge on any atom is 0.0687 e. The Balaban J connectivity index is 2.83. The van der Waals surface area contributed by atoms with Gasteiger partial charge in [0.2, 0.25) is 0 Å². The van der Waals surface area contributed by atoms with E-state index < -0.39 is 0 Å². The van der Waals surface area contributed by atoms with Crippen molar-refractivity contribution in [3.8, 4) is 0 Å². The first kappa shape index (κ1) is 7.02. The van der Waals surface area contributed by atoms with E-state index in [1.54, 1.807) is 0 Å². The lowest BCUT2D eigenvalue weighted by Crippen LogP contribution is -2.02. The summed E-state index contributed by atoms with van der Waals surface area (Å²) in [6.07, 6.45) is 1.97. The lowest BCUT2D eigenvalue weighted by atomic mass is 9.97. The fourth-order valence-electron chi connectivity index (χ4n) is 0.451. The van der Waals surface area contributed by atoms with E-state index in [9.17, 15) is 0 Å². The van der Waals surface area contributed by atoms with Gasteiger partial charge in [-0.3, -0.25) is 0 Å². The quantitative estimate of drug-likeness (QED) is 0.516. The second-order valence-corrected chi connectivity index (χ2v) is 1.68. The smallest absolute Gasteiger partial charge is 0.0687 e. The first-order chi connectivity index (χ1) is 3.31. The van der Waals surface area contributed by atoms with Crippen molar-refractivity contribution >= 4 is 7.85 Å². The van der Waals surface area contributed by atoms with E-state index in [1.165, 1.54) is 0 Å². The zero-order valence-electron chi connectivity index (χ0n) is 4.72. The molecule has 1 atom stereocenters. The first-order valence-corrected chi connectivity index (χ1v) is 2.69. The van der Waals surface area contributed by atoms with Crippen molar-refractivity contribution in [2.45, 2.75) is 32.2 Å². The lowest BCUT2D eigenvalue weighted by molar-refractivity contribution is 0.184. The summed E-state index contributed by atoms with van der Waals surface area (Å²) >= 11 is 0. The molecule has 1 nitrogen and oxygen atoms in total. The molecule has 0 fully saturated rings. The molecule has 0 aliphatic carbocycles. The first-order valence-electron chi connectivity index (χ1n) is 2.69. The molecule has 2 heteroatoms. The van der Waals surface area contributed by atoms with Crippen LogP contribution >= 0.6 is 0 Å². The summed E-state index contributed by atoms with van der Waals surface area (Å²) in [5, 5.41) is 8.73. The zero-order valence-corrected chi connectivity index (χ0v) is 4.72. The summed E-state index contributed by atoms with van der Waals surface area (Å²) in [7, 11) is 5.11. The van der Waals surface area contributed by atoms with Gasteiger partial charge in [0.15, 0.2) is 0 Å². The van der Waals surface area contributed by atoms with Gasteiger partial charge in [-0.15, -0.1) is 0 Å². The normalized spacial score (nSPS) is 14.0. The van der Waals surface area contributed by atoms with Crippen LogP contribution in [-0.2, 0) is 0 Å². The lowest BCUT2D eigenvalue weighted by Gasteiger charge is -2.02. The van der Waals surface area contributed by atoms with E-state index >= 15 is 0 Å². The van der Waals surface area contributed by atoms with Gasteiger partial charge >= 0.3 is 0 Å². The van der Waals surface area contributed by atoms with Crippen LogP contribution in [0.3, 0.4) is 0 Å². The highest BCUT2D eigenvalue weighted by atomic mass is 16.3. The highest BCUT2D eigenvalue weighted by Gasteiger charge is 1.94. The SMILES string of the molecule is [B]C[C@H](O)CCC. The minimum atomic E-state index is -0.273. The molecule has 0 spiro atoms. The van der Waals surface area contributed by atoms with Crippen molar-refractivity contribution in [1.82, 2.24) is 0 Å². The van der Waals surface area contributed by atoms with Crippen molar-refractivity contribution < 1.29 is 5.11 Å². The third-order valence-corrected chi connectivity index (χ3v) is 0.894. The molecule has 0 bridgehead atoms. The standard InChI is InChI=1S/C5H11BO/c1-2-3-5(7)4-6/h5,7H,2-4H2,1H3/t5-/m1/s1. The second-order valence-electron chi connectivity index (χ2n) is 1.68. The van der Waals surface area contributed by atoms with Gasteiger partial charge < -0.3 is 5.11 Å². The van der Waals surface area contributed by atoms with Crippen LogP contribution in [0.2, 0.25) is 6.32 Å². The van der Waals surface area contributed by atoms with E-state index in [-0.39, 0.29) is 6.10 Å². The molecule has 0 heterocycles. The van der Waals surface area contributed by atoms with Crippen molar-refractivity contribution in [2.24, 2.45) is 0 Å². The predicted molar refractivity (Wildman–Crippen MR) is 31.5 cm³/mol. The Labute approximate surface area is 46.1 Å². The van der Waals surface area contributed by atoms with E-state index in [0.717, 1.165) is 12.8 Å². The number of aliphatic hydroxyl groups is 1. The van der Waals surface area contributed by atoms with E-state index in [0.29, 0.717) is 6.32 Å². The molecule has 0 aromatic rings. The van der Waals surface area contributed by atoms with Crippen LogP contribution in [0.5, 0.6) is 0 Å². The van der Waals surface area contributed by atoms with E-state index in [1.807, 2.05) is 6.92 Å². The van der Waals surface area contributed by atoms with Gasteiger partial charge in [-0.05, 0) is 6.42 Å². The van der Waals surface area contributed by atoms with Gasteiger partial charge in [0.1, 0.15) is 0 Å². The molecule has 2 radical (unpaired) electrons. The molecule has 0 unspecified atom stereocenters. The van der Waals surface area contributed by atoms with Crippen LogP contribution in [0.15, 0.2) is 0 Å². The van der Waals surface area contributed by atoms with Crippen LogP contribution in [0.4, 0.5) is 0 Å². The maximum absolute atomic E-state index is 8.73. The van der Waals surface area contributed by atoms with Gasteiger partial charge in [-0.2, -0.15) is 0 Å². The third kappa shape index (κ3) is 3.87. The van der Waals surface area contributed by atoms with Gasteiger partial charge in [0.05, 0.1) is 7.85 Å². The van der Waals surface area contributed by atoms with Crippen molar-refractivity contribution in [3.63, 3.8) is 0 Å². The van der Waals surface area contributed by atoms with Crippen molar-refractivity contribution in [2.75, 3.05) is 0 Å². The molecule has 40 valence electrons. The minimum absolute atomic E-state index is 0.273. The molecular weight excluding hydrogens is 86.9 g/mol. The van der Waals surface area contributed by atoms with Crippen LogP contribution < -0.4 is 0 Å². The van der Waals surface area contributed by atoms with Crippen molar-refractivity contribution in [3.05, 3.63) is 0 Å². The average molecular weight is 98.0 g/mol. The summed E-state index contributed by atoms with van der Waals surface area (Å²) in [4.78, 5) is 0. The Hall–Kier alpha value is 0.0249. The number of hydrogen-bond donors (Lipinski definition) is 1. The maximum atomic E-state index is 8.73. The largest absolute Gasteiger partial charge is 0.394 e. The average Bonchev–Trinajstić information content (AvgIpc) is 1.68. The molecule has 0 aliphatic heterocycles. The van der Waals surface area contributed by atoms with Gasteiger partial charge in [0, 0.05) is 6.10 Å². The highest BCUT2D eigenvalue weighted by Crippen LogP contribution is 1.97. The summed E-state index contributed by atoms with van der Waals surface area (Å²) < 4.78 is 0. The Kier molecular flexibility index (Phi) is 4.21. The highest BCUT2D eigenvalue weighted by molar-refractivity contribution is 6.08. The topological polar surface area (TPSA) is 20.2 Å². The fraction of sp³-hybridized carbons (Fsp3) is 1.00. The molecule has 1 N–H and O–H groups in total.